The molecule has 1 atom stereocenters. The Morgan fingerprint density at radius 3 is 2.79 bits per heavy atom. The maximum absolute atomic E-state index is 12.4. The topological polar surface area (TPSA) is 57.4 Å². The molecule has 1 aromatic heterocycles. The van der Waals surface area contributed by atoms with E-state index in [0.717, 1.165) is 55.7 Å². The lowest BCUT2D eigenvalue weighted by molar-refractivity contribution is -0.132. The van der Waals surface area contributed by atoms with Crippen molar-refractivity contribution in [1.29, 1.82) is 0 Å². The number of carbonyl (C=O) groups excluding carboxylic acids is 1. The van der Waals surface area contributed by atoms with Gasteiger partial charge >= 0.3 is 0 Å². The second-order valence-corrected chi connectivity index (χ2v) is 7.61. The maximum Gasteiger partial charge on any atom is 0.260 e. The number of carbonyl (C=O) groups is 1. The monoisotopic (exact) mass is 391 g/mol. The average molecular weight is 392 g/mol. The zero-order valence-corrected chi connectivity index (χ0v) is 17.0. The van der Waals surface area contributed by atoms with Crippen molar-refractivity contribution in [1.82, 2.24) is 15.2 Å². The zero-order chi connectivity index (χ0) is 20.1. The van der Waals surface area contributed by atoms with E-state index in [0.29, 0.717) is 0 Å². The van der Waals surface area contributed by atoms with E-state index in [2.05, 4.69) is 47.6 Å². The Kier molecular flexibility index (Phi) is 6.15. The van der Waals surface area contributed by atoms with Crippen LogP contribution in [-0.2, 0) is 11.3 Å². The van der Waals surface area contributed by atoms with Crippen molar-refractivity contribution in [2.45, 2.75) is 38.8 Å². The Labute approximate surface area is 172 Å². The van der Waals surface area contributed by atoms with E-state index in [1.165, 1.54) is 10.9 Å². The molecule has 1 unspecified atom stereocenters. The maximum atomic E-state index is 12.4. The van der Waals surface area contributed by atoms with Gasteiger partial charge in [0.1, 0.15) is 5.75 Å². The first kappa shape index (κ1) is 19.5. The number of benzene rings is 2. The fourth-order valence-corrected chi connectivity index (χ4v) is 4.11. The lowest BCUT2D eigenvalue weighted by atomic mass is 10.0. The predicted octanol–water partition coefficient (Wildman–Crippen LogP) is 4.41. The van der Waals surface area contributed by atoms with Crippen molar-refractivity contribution in [2.75, 3.05) is 19.7 Å². The van der Waals surface area contributed by atoms with Gasteiger partial charge in [-0.05, 0) is 43.0 Å². The number of aromatic amines is 1. The van der Waals surface area contributed by atoms with Crippen LogP contribution in [0.25, 0.3) is 10.9 Å². The Morgan fingerprint density at radius 1 is 1.14 bits per heavy atom. The zero-order valence-electron chi connectivity index (χ0n) is 17.0. The molecule has 1 aliphatic heterocycles. The number of para-hydroxylation sites is 1. The van der Waals surface area contributed by atoms with E-state index in [1.807, 2.05) is 29.3 Å². The molecule has 1 saturated heterocycles. The number of fused-ring (bicyclic) bond motifs is 1. The molecule has 0 saturated carbocycles. The van der Waals surface area contributed by atoms with Crippen LogP contribution < -0.4 is 10.1 Å². The summed E-state index contributed by atoms with van der Waals surface area (Å²) < 4.78 is 5.97. The molecule has 152 valence electrons. The largest absolute Gasteiger partial charge is 0.483 e. The molecule has 1 fully saturated rings. The summed E-state index contributed by atoms with van der Waals surface area (Å²) in [4.78, 5) is 17.5. The molecular formula is C24H29N3O2. The minimum atomic E-state index is 0.0810. The summed E-state index contributed by atoms with van der Waals surface area (Å²) in [5.74, 6) is 0.872. The highest BCUT2D eigenvalue weighted by atomic mass is 16.5. The Hall–Kier alpha value is -2.79. The fraction of sp³-hybridized carbons (Fsp3) is 0.375. The number of hydrogen-bond acceptors (Lipinski definition) is 3. The molecule has 0 aliphatic carbocycles. The molecule has 2 N–H and O–H groups in total. The van der Waals surface area contributed by atoms with Gasteiger partial charge in [0.05, 0.1) is 0 Å². The highest BCUT2D eigenvalue weighted by molar-refractivity contribution is 5.82. The van der Waals surface area contributed by atoms with E-state index in [4.69, 9.17) is 4.74 Å². The lowest BCUT2D eigenvalue weighted by Gasteiger charge is -2.22. The van der Waals surface area contributed by atoms with E-state index in [1.54, 1.807) is 0 Å². The highest BCUT2D eigenvalue weighted by Crippen LogP contribution is 2.28. The van der Waals surface area contributed by atoms with E-state index < -0.39 is 0 Å². The number of hydrogen-bond donors (Lipinski definition) is 2. The van der Waals surface area contributed by atoms with Crippen molar-refractivity contribution < 1.29 is 9.53 Å². The number of rotatable bonds is 8. The van der Waals surface area contributed by atoms with Crippen LogP contribution in [0.4, 0.5) is 0 Å². The Balaban J connectivity index is 1.44. The van der Waals surface area contributed by atoms with Gasteiger partial charge in [0.15, 0.2) is 6.61 Å². The van der Waals surface area contributed by atoms with Crippen LogP contribution in [0.3, 0.4) is 0 Å². The van der Waals surface area contributed by atoms with Gasteiger partial charge in [-0.15, -0.1) is 0 Å². The molecule has 4 rings (SSSR count). The number of aromatic nitrogens is 1. The average Bonchev–Trinajstić information content (AvgIpc) is 3.45. The van der Waals surface area contributed by atoms with Gasteiger partial charge in [-0.2, -0.15) is 0 Å². The standard InChI is InChI=1S/C24H29N3O2/c1-2-21(26-16-18-8-7-10-22-19(18)12-13-25-22)20-9-3-4-11-23(20)29-17-24(28)27-14-5-6-15-27/h3-4,7-13,21,25-26H,2,5-6,14-17H2,1H3. The lowest BCUT2D eigenvalue weighted by Crippen LogP contribution is -2.32. The first-order valence-corrected chi connectivity index (χ1v) is 10.5. The predicted molar refractivity (Wildman–Crippen MR) is 116 cm³/mol. The first-order chi connectivity index (χ1) is 14.3. The molecule has 2 aromatic carbocycles. The van der Waals surface area contributed by atoms with Crippen molar-refractivity contribution in [2.24, 2.45) is 0 Å². The number of likely N-dealkylation sites (tertiary alicyclic amines) is 1. The minimum Gasteiger partial charge on any atom is -0.483 e. The van der Waals surface area contributed by atoms with Gasteiger partial charge in [0.2, 0.25) is 0 Å². The van der Waals surface area contributed by atoms with Gasteiger partial charge < -0.3 is 19.9 Å². The van der Waals surface area contributed by atoms with Crippen LogP contribution >= 0.6 is 0 Å². The second-order valence-electron chi connectivity index (χ2n) is 7.61. The van der Waals surface area contributed by atoms with E-state index in [-0.39, 0.29) is 18.6 Å². The molecular weight excluding hydrogens is 362 g/mol. The molecule has 1 aliphatic rings. The molecule has 2 heterocycles. The van der Waals surface area contributed by atoms with Crippen molar-refractivity contribution >= 4 is 16.8 Å². The SMILES string of the molecule is CCC(NCc1cccc2[nH]ccc12)c1ccccc1OCC(=O)N1CCCC1. The molecule has 0 bridgehead atoms. The second kappa shape index (κ2) is 9.14. The molecule has 0 radical (unpaired) electrons. The summed E-state index contributed by atoms with van der Waals surface area (Å²) in [6.45, 7) is 4.76. The normalized spacial score (nSPS) is 15.0. The Morgan fingerprint density at radius 2 is 1.97 bits per heavy atom. The third-order valence-electron chi connectivity index (χ3n) is 5.74. The van der Waals surface area contributed by atoms with Crippen molar-refractivity contribution in [3.8, 4) is 5.75 Å². The van der Waals surface area contributed by atoms with Gasteiger partial charge in [0.25, 0.3) is 5.91 Å². The highest BCUT2D eigenvalue weighted by Gasteiger charge is 2.20. The third kappa shape index (κ3) is 4.46. The number of ether oxygens (including phenoxy) is 1. The number of H-pyrrole nitrogens is 1. The van der Waals surface area contributed by atoms with Gasteiger partial charge in [-0.1, -0.05) is 37.3 Å². The minimum absolute atomic E-state index is 0.0810. The van der Waals surface area contributed by atoms with E-state index >= 15 is 0 Å². The smallest absolute Gasteiger partial charge is 0.260 e. The molecule has 5 heteroatoms. The van der Waals surface area contributed by atoms with Gasteiger partial charge in [-0.3, -0.25) is 4.79 Å². The number of nitrogens with zero attached hydrogens (tertiary/aromatic N) is 1. The van der Waals surface area contributed by atoms with Crippen LogP contribution in [0, 0.1) is 0 Å². The summed E-state index contributed by atoms with van der Waals surface area (Å²) in [6.07, 6.45) is 5.10. The summed E-state index contributed by atoms with van der Waals surface area (Å²) >= 11 is 0. The number of nitrogens with one attached hydrogen (secondary N) is 2. The fourth-order valence-electron chi connectivity index (χ4n) is 4.11. The van der Waals surface area contributed by atoms with Gasteiger partial charge in [0, 0.05) is 48.3 Å². The van der Waals surface area contributed by atoms with Crippen LogP contribution in [0.2, 0.25) is 0 Å². The molecule has 0 spiro atoms. The first-order valence-electron chi connectivity index (χ1n) is 10.5. The summed E-state index contributed by atoms with van der Waals surface area (Å²) in [6, 6.07) is 16.7. The van der Waals surface area contributed by atoms with Crippen molar-refractivity contribution in [3.05, 3.63) is 65.9 Å². The third-order valence-corrected chi connectivity index (χ3v) is 5.74. The van der Waals surface area contributed by atoms with Gasteiger partial charge in [-0.25, -0.2) is 0 Å². The van der Waals surface area contributed by atoms with Crippen molar-refractivity contribution in [3.63, 3.8) is 0 Å². The Bertz CT molecular complexity index is 959. The van der Waals surface area contributed by atoms with Crippen LogP contribution in [0.5, 0.6) is 5.75 Å². The summed E-state index contributed by atoms with van der Waals surface area (Å²) in [5.41, 5.74) is 3.52. The molecule has 1 amide bonds. The van der Waals surface area contributed by atoms with Crippen LogP contribution in [0.1, 0.15) is 43.4 Å². The van der Waals surface area contributed by atoms with Crippen LogP contribution in [0.15, 0.2) is 54.7 Å². The molecule has 29 heavy (non-hydrogen) atoms. The molecule has 3 aromatic rings. The molecule has 5 nitrogen and oxygen atoms in total. The summed E-state index contributed by atoms with van der Waals surface area (Å²) in [5, 5.41) is 4.92. The number of amides is 1. The van der Waals surface area contributed by atoms with Crippen LogP contribution in [-0.4, -0.2) is 35.5 Å². The summed E-state index contributed by atoms with van der Waals surface area (Å²) in [7, 11) is 0. The van der Waals surface area contributed by atoms with E-state index in [9.17, 15) is 4.79 Å². The quantitative estimate of drug-likeness (QED) is 0.598.